The van der Waals surface area contributed by atoms with E-state index in [0.29, 0.717) is 17.7 Å². The number of amides is 1. The predicted molar refractivity (Wildman–Crippen MR) is 101 cm³/mol. The zero-order valence-electron chi connectivity index (χ0n) is 14.4. The van der Waals surface area contributed by atoms with Crippen LogP contribution in [0.25, 0.3) is 10.9 Å². The van der Waals surface area contributed by atoms with E-state index in [1.807, 2.05) is 55.5 Å². The van der Waals surface area contributed by atoms with Crippen LogP contribution in [0.4, 0.5) is 5.69 Å². The van der Waals surface area contributed by atoms with Gasteiger partial charge in [-0.25, -0.2) is 10.9 Å². The van der Waals surface area contributed by atoms with Gasteiger partial charge in [-0.2, -0.15) is 0 Å². The lowest BCUT2D eigenvalue weighted by atomic mass is 9.74. The van der Waals surface area contributed by atoms with Gasteiger partial charge < -0.3 is 0 Å². The highest BCUT2D eigenvalue weighted by atomic mass is 16.2. The molecule has 26 heavy (non-hydrogen) atoms. The SMILES string of the molecule is CC1CC(=O)c2ccccc2C1C(=O)N(N)c1cccc2ncccc12. The molecule has 2 N–H and O–H groups in total. The molecule has 0 saturated heterocycles. The smallest absolute Gasteiger partial charge is 0.249 e. The van der Waals surface area contributed by atoms with Gasteiger partial charge in [0.15, 0.2) is 5.78 Å². The Morgan fingerprint density at radius 1 is 1.12 bits per heavy atom. The van der Waals surface area contributed by atoms with Crippen molar-refractivity contribution >= 4 is 28.3 Å². The zero-order chi connectivity index (χ0) is 18.3. The second kappa shape index (κ2) is 6.35. The molecule has 4 rings (SSSR count). The van der Waals surface area contributed by atoms with Crippen LogP contribution in [0.3, 0.4) is 0 Å². The molecule has 0 spiro atoms. The molecule has 1 heterocycles. The van der Waals surface area contributed by atoms with Gasteiger partial charge in [0.1, 0.15) is 0 Å². The van der Waals surface area contributed by atoms with E-state index in [-0.39, 0.29) is 17.6 Å². The summed E-state index contributed by atoms with van der Waals surface area (Å²) in [5.41, 5.74) is 2.77. The summed E-state index contributed by atoms with van der Waals surface area (Å²) in [5, 5.41) is 2.02. The molecule has 0 radical (unpaired) electrons. The molecule has 5 nitrogen and oxygen atoms in total. The van der Waals surface area contributed by atoms with Crippen molar-refractivity contribution in [2.75, 3.05) is 5.01 Å². The highest BCUT2D eigenvalue weighted by Gasteiger charge is 2.38. The van der Waals surface area contributed by atoms with Crippen molar-refractivity contribution in [2.45, 2.75) is 19.3 Å². The number of hydrazine groups is 1. The summed E-state index contributed by atoms with van der Waals surface area (Å²) in [6.45, 7) is 1.93. The molecule has 1 aromatic heterocycles. The summed E-state index contributed by atoms with van der Waals surface area (Å²) in [5.74, 6) is 5.57. The topological polar surface area (TPSA) is 76.3 Å². The van der Waals surface area contributed by atoms with Crippen molar-refractivity contribution in [3.8, 4) is 0 Å². The third-order valence-corrected chi connectivity index (χ3v) is 5.06. The Morgan fingerprint density at radius 3 is 2.77 bits per heavy atom. The maximum Gasteiger partial charge on any atom is 0.249 e. The average Bonchev–Trinajstić information content (AvgIpc) is 2.67. The standard InChI is InChI=1S/C21H19N3O2/c1-13-12-19(25)14-6-2-3-7-15(14)20(13)21(26)24(22)18-10-4-9-17-16(18)8-5-11-23-17/h2-11,13,20H,12,22H2,1H3. The Morgan fingerprint density at radius 2 is 1.92 bits per heavy atom. The van der Waals surface area contributed by atoms with Crippen LogP contribution in [0.2, 0.25) is 0 Å². The fourth-order valence-corrected chi connectivity index (χ4v) is 3.79. The largest absolute Gasteiger partial charge is 0.294 e. The zero-order valence-corrected chi connectivity index (χ0v) is 14.4. The minimum atomic E-state index is -0.444. The highest BCUT2D eigenvalue weighted by Crippen LogP contribution is 2.38. The number of carbonyl (C=O) groups excluding carboxylic acids is 2. The van der Waals surface area contributed by atoms with Gasteiger partial charge in [0, 0.05) is 23.6 Å². The molecule has 2 unspecified atom stereocenters. The lowest BCUT2D eigenvalue weighted by Gasteiger charge is -2.32. The molecule has 1 amide bonds. The quantitative estimate of drug-likeness (QED) is 0.438. The molecule has 2 aromatic carbocycles. The number of aromatic nitrogens is 1. The van der Waals surface area contributed by atoms with Gasteiger partial charge in [0.25, 0.3) is 0 Å². The minimum Gasteiger partial charge on any atom is -0.294 e. The number of nitrogens with zero attached hydrogens (tertiary/aromatic N) is 2. The Hall–Kier alpha value is -3.05. The third-order valence-electron chi connectivity index (χ3n) is 5.06. The highest BCUT2D eigenvalue weighted by molar-refractivity contribution is 6.08. The Labute approximate surface area is 151 Å². The minimum absolute atomic E-state index is 0.0788. The van der Waals surface area contributed by atoms with Crippen LogP contribution in [-0.2, 0) is 4.79 Å². The number of anilines is 1. The first-order chi connectivity index (χ1) is 12.6. The maximum absolute atomic E-state index is 13.3. The average molecular weight is 345 g/mol. The first kappa shape index (κ1) is 16.4. The van der Waals surface area contributed by atoms with Gasteiger partial charge in [0.2, 0.25) is 5.91 Å². The maximum atomic E-state index is 13.3. The summed E-state index contributed by atoms with van der Waals surface area (Å²) in [7, 11) is 0. The molecule has 0 bridgehead atoms. The van der Waals surface area contributed by atoms with Crippen LogP contribution in [0.1, 0.15) is 35.2 Å². The number of hydrogen-bond donors (Lipinski definition) is 1. The Bertz CT molecular complexity index is 1010. The number of rotatable bonds is 2. The Balaban J connectivity index is 1.77. The number of fused-ring (bicyclic) bond motifs is 2. The molecular weight excluding hydrogens is 326 g/mol. The molecule has 0 saturated carbocycles. The second-order valence-corrected chi connectivity index (χ2v) is 6.72. The van der Waals surface area contributed by atoms with E-state index >= 15 is 0 Å². The van der Waals surface area contributed by atoms with E-state index in [4.69, 9.17) is 5.84 Å². The molecule has 0 aliphatic heterocycles. The van der Waals surface area contributed by atoms with Gasteiger partial charge in [-0.3, -0.25) is 14.6 Å². The molecule has 1 aliphatic carbocycles. The second-order valence-electron chi connectivity index (χ2n) is 6.72. The van der Waals surface area contributed by atoms with Crippen molar-refractivity contribution in [3.05, 3.63) is 71.9 Å². The van der Waals surface area contributed by atoms with Crippen molar-refractivity contribution in [1.82, 2.24) is 4.98 Å². The molecule has 1 aliphatic rings. The normalized spacial score (nSPS) is 19.2. The first-order valence-electron chi connectivity index (χ1n) is 8.62. The first-order valence-corrected chi connectivity index (χ1v) is 8.62. The summed E-state index contributed by atoms with van der Waals surface area (Å²) < 4.78 is 0. The van der Waals surface area contributed by atoms with Crippen molar-refractivity contribution in [3.63, 3.8) is 0 Å². The number of pyridine rings is 1. The predicted octanol–water partition coefficient (Wildman–Crippen LogP) is 3.45. The fourth-order valence-electron chi connectivity index (χ4n) is 3.79. The fraction of sp³-hybridized carbons (Fsp3) is 0.190. The van der Waals surface area contributed by atoms with E-state index < -0.39 is 5.92 Å². The molecule has 5 heteroatoms. The number of hydrogen-bond acceptors (Lipinski definition) is 4. The van der Waals surface area contributed by atoms with Gasteiger partial charge in [-0.15, -0.1) is 0 Å². The lowest BCUT2D eigenvalue weighted by Crippen LogP contribution is -2.44. The molecule has 3 aromatic rings. The summed E-state index contributed by atoms with van der Waals surface area (Å²) in [4.78, 5) is 29.9. The number of carbonyl (C=O) groups is 2. The van der Waals surface area contributed by atoms with Crippen LogP contribution >= 0.6 is 0 Å². The monoisotopic (exact) mass is 345 g/mol. The van der Waals surface area contributed by atoms with Crippen LogP contribution in [0, 0.1) is 5.92 Å². The summed E-state index contributed by atoms with van der Waals surface area (Å²) in [6, 6.07) is 16.6. The van der Waals surface area contributed by atoms with Gasteiger partial charge >= 0.3 is 0 Å². The molecule has 2 atom stereocenters. The van der Waals surface area contributed by atoms with Gasteiger partial charge in [-0.05, 0) is 35.7 Å². The third kappa shape index (κ3) is 2.57. The van der Waals surface area contributed by atoms with Gasteiger partial charge in [0.05, 0.1) is 17.1 Å². The van der Waals surface area contributed by atoms with E-state index in [0.717, 1.165) is 16.5 Å². The van der Waals surface area contributed by atoms with Crippen LogP contribution in [0.15, 0.2) is 60.8 Å². The van der Waals surface area contributed by atoms with E-state index in [1.165, 1.54) is 5.01 Å². The van der Waals surface area contributed by atoms with Crippen LogP contribution < -0.4 is 10.9 Å². The van der Waals surface area contributed by atoms with Gasteiger partial charge in [-0.1, -0.05) is 37.3 Å². The van der Waals surface area contributed by atoms with Crippen molar-refractivity contribution in [2.24, 2.45) is 11.8 Å². The van der Waals surface area contributed by atoms with Crippen LogP contribution in [0.5, 0.6) is 0 Å². The Kier molecular flexibility index (Phi) is 4.01. The number of ketones is 1. The number of Topliss-reactive ketones (excluding diaryl/α,β-unsaturated/α-hetero) is 1. The summed E-state index contributed by atoms with van der Waals surface area (Å²) in [6.07, 6.45) is 2.05. The lowest BCUT2D eigenvalue weighted by molar-refractivity contribution is -0.121. The van der Waals surface area contributed by atoms with E-state index in [2.05, 4.69) is 4.98 Å². The molecule has 130 valence electrons. The van der Waals surface area contributed by atoms with Crippen molar-refractivity contribution < 1.29 is 9.59 Å². The summed E-state index contributed by atoms with van der Waals surface area (Å²) >= 11 is 0. The number of nitrogens with two attached hydrogens (primary N) is 1. The van der Waals surface area contributed by atoms with E-state index in [1.54, 1.807) is 12.3 Å². The van der Waals surface area contributed by atoms with Crippen molar-refractivity contribution in [1.29, 1.82) is 0 Å². The molecular formula is C21H19N3O2. The van der Waals surface area contributed by atoms with E-state index in [9.17, 15) is 9.59 Å². The number of benzene rings is 2. The molecule has 0 fully saturated rings. The van der Waals surface area contributed by atoms with Crippen LogP contribution in [-0.4, -0.2) is 16.7 Å².